The smallest absolute Gasteiger partial charge is 0.347 e. The largest absolute Gasteiger partial charge is 0.618 e. The van der Waals surface area contributed by atoms with Gasteiger partial charge < -0.3 is 15.8 Å². The van der Waals surface area contributed by atoms with Crippen molar-refractivity contribution in [1.82, 2.24) is 35.5 Å². The molecule has 15 heteroatoms. The summed E-state index contributed by atoms with van der Waals surface area (Å²) in [5.74, 6) is -5.85. The van der Waals surface area contributed by atoms with E-state index < -0.39 is 42.1 Å². The average Bonchev–Trinajstić information content (AvgIpc) is 3.40. The summed E-state index contributed by atoms with van der Waals surface area (Å²) in [6.07, 6.45) is 4.36. The molecule has 0 unspecified atom stereocenters. The Hall–Kier alpha value is -4.33. The molecule has 36 heavy (non-hydrogen) atoms. The van der Waals surface area contributed by atoms with Crippen LogP contribution in [0.25, 0.3) is 5.69 Å². The fraction of sp³-hybridized carbons (Fsp3) is 0.190. The quantitative estimate of drug-likeness (QED) is 0.253. The standard InChI is InChI=1S/C21H17ClF3N9O2/c22-14-9-28-20(29-11-21(24,25)17-5-1-2-7-34(17)36)19(23)13(14)8-18(35)27-10-15-16(4-3-6-26-15)33-12-30-31-32-33/h1-7,9,12H,8,10-11H2,(H,27,35)(H,28,29). The lowest BCUT2D eigenvalue weighted by Gasteiger charge is -2.17. The number of carbonyl (C=O) groups is 1. The zero-order valence-electron chi connectivity index (χ0n) is 18.3. The van der Waals surface area contributed by atoms with E-state index in [2.05, 4.69) is 36.1 Å². The summed E-state index contributed by atoms with van der Waals surface area (Å²) in [6, 6.07) is 6.91. The van der Waals surface area contributed by atoms with Crippen molar-refractivity contribution in [2.24, 2.45) is 0 Å². The summed E-state index contributed by atoms with van der Waals surface area (Å²) >= 11 is 6.02. The molecule has 4 aromatic rings. The topological polar surface area (TPSA) is 137 Å². The van der Waals surface area contributed by atoms with E-state index in [-0.39, 0.29) is 21.9 Å². The van der Waals surface area contributed by atoms with Crippen molar-refractivity contribution in [1.29, 1.82) is 0 Å². The molecule has 4 aromatic heterocycles. The average molecular weight is 520 g/mol. The zero-order valence-corrected chi connectivity index (χ0v) is 19.0. The molecule has 0 radical (unpaired) electrons. The molecule has 4 heterocycles. The van der Waals surface area contributed by atoms with E-state index >= 15 is 4.39 Å². The molecule has 0 aromatic carbocycles. The first-order valence-electron chi connectivity index (χ1n) is 10.3. The Balaban J connectivity index is 1.44. The molecule has 0 saturated carbocycles. The number of nitrogens with zero attached hydrogens (tertiary/aromatic N) is 7. The van der Waals surface area contributed by atoms with E-state index in [4.69, 9.17) is 11.6 Å². The van der Waals surface area contributed by atoms with Crippen LogP contribution in [0.1, 0.15) is 17.0 Å². The van der Waals surface area contributed by atoms with Crippen molar-refractivity contribution < 1.29 is 22.7 Å². The van der Waals surface area contributed by atoms with E-state index in [9.17, 15) is 18.8 Å². The second kappa shape index (κ2) is 10.5. The molecule has 0 fully saturated rings. The first-order chi connectivity index (χ1) is 17.3. The Morgan fingerprint density at radius 2 is 2.06 bits per heavy atom. The number of nitrogens with one attached hydrogen (secondary N) is 2. The number of hydrogen-bond acceptors (Lipinski definition) is 8. The third kappa shape index (κ3) is 5.49. The molecule has 4 rings (SSSR count). The number of carbonyl (C=O) groups excluding carboxylic acids is 1. The van der Waals surface area contributed by atoms with Gasteiger partial charge in [-0.15, -0.1) is 5.10 Å². The number of amides is 1. The third-order valence-corrected chi connectivity index (χ3v) is 5.32. The number of hydrogen-bond donors (Lipinski definition) is 2. The van der Waals surface area contributed by atoms with Crippen molar-refractivity contribution >= 4 is 23.3 Å². The Morgan fingerprint density at radius 1 is 1.22 bits per heavy atom. The van der Waals surface area contributed by atoms with Gasteiger partial charge in [0.1, 0.15) is 6.33 Å². The van der Waals surface area contributed by atoms with Crippen molar-refractivity contribution in [3.8, 4) is 5.69 Å². The lowest BCUT2D eigenvalue weighted by Crippen LogP contribution is -2.41. The Morgan fingerprint density at radius 3 is 2.81 bits per heavy atom. The number of tetrazole rings is 1. The molecular formula is C21H17ClF3N9O2. The SMILES string of the molecule is O=C(Cc1c(Cl)cnc(NCC(F)(F)c2cccc[n+]2[O-])c1F)NCc1ncccc1-n1cnnn1. The normalized spacial score (nSPS) is 11.3. The van der Waals surface area contributed by atoms with Gasteiger partial charge in [-0.25, -0.2) is 9.37 Å². The monoisotopic (exact) mass is 519 g/mol. The summed E-state index contributed by atoms with van der Waals surface area (Å²) < 4.78 is 45.4. The van der Waals surface area contributed by atoms with Gasteiger partial charge in [-0.1, -0.05) is 11.6 Å². The highest BCUT2D eigenvalue weighted by Gasteiger charge is 2.39. The van der Waals surface area contributed by atoms with Crippen LogP contribution in [0.5, 0.6) is 0 Å². The molecule has 0 saturated heterocycles. The van der Waals surface area contributed by atoms with E-state index in [0.717, 1.165) is 18.5 Å². The van der Waals surface area contributed by atoms with Crippen molar-refractivity contribution in [3.05, 3.63) is 88.2 Å². The number of halogens is 4. The summed E-state index contributed by atoms with van der Waals surface area (Å²) in [5, 5.41) is 27.2. The van der Waals surface area contributed by atoms with Crippen LogP contribution in [-0.2, 0) is 23.7 Å². The van der Waals surface area contributed by atoms with Gasteiger partial charge in [-0.05, 0) is 28.6 Å². The Kier molecular flexibility index (Phi) is 7.24. The molecule has 0 aliphatic carbocycles. The van der Waals surface area contributed by atoms with Gasteiger partial charge in [0, 0.05) is 30.1 Å². The van der Waals surface area contributed by atoms with E-state index in [1.165, 1.54) is 29.3 Å². The minimum absolute atomic E-state index is 0.0233. The fourth-order valence-corrected chi connectivity index (χ4v) is 3.44. The van der Waals surface area contributed by atoms with Crippen LogP contribution in [0.15, 0.2) is 55.2 Å². The lowest BCUT2D eigenvalue weighted by atomic mass is 10.1. The van der Waals surface area contributed by atoms with Gasteiger partial charge in [0.2, 0.25) is 5.91 Å². The molecule has 186 valence electrons. The van der Waals surface area contributed by atoms with E-state index in [1.807, 2.05) is 0 Å². The molecule has 0 aliphatic heterocycles. The first-order valence-corrected chi connectivity index (χ1v) is 10.7. The first kappa shape index (κ1) is 24.8. The summed E-state index contributed by atoms with van der Waals surface area (Å²) in [5.41, 5.74) is -0.0842. The minimum Gasteiger partial charge on any atom is -0.618 e. The molecule has 2 N–H and O–H groups in total. The fourth-order valence-electron chi connectivity index (χ4n) is 3.24. The molecule has 0 spiro atoms. The highest BCUT2D eigenvalue weighted by atomic mass is 35.5. The van der Waals surface area contributed by atoms with Gasteiger partial charge >= 0.3 is 5.92 Å². The van der Waals surface area contributed by atoms with Crippen molar-refractivity contribution in [2.45, 2.75) is 18.9 Å². The predicted molar refractivity (Wildman–Crippen MR) is 119 cm³/mol. The summed E-state index contributed by atoms with van der Waals surface area (Å²) in [6.45, 7) is -1.14. The lowest BCUT2D eigenvalue weighted by molar-refractivity contribution is -0.624. The molecule has 0 aliphatic rings. The second-order valence-electron chi connectivity index (χ2n) is 7.39. The van der Waals surface area contributed by atoms with Gasteiger partial charge in [-0.3, -0.25) is 9.78 Å². The van der Waals surface area contributed by atoms with Crippen molar-refractivity contribution in [3.63, 3.8) is 0 Å². The maximum Gasteiger partial charge on any atom is 0.347 e. The Labute approximate surface area is 206 Å². The summed E-state index contributed by atoms with van der Waals surface area (Å²) in [7, 11) is 0. The minimum atomic E-state index is -3.63. The number of aromatic nitrogens is 7. The Bertz CT molecular complexity index is 1370. The predicted octanol–water partition coefficient (Wildman–Crippen LogP) is 1.94. The van der Waals surface area contributed by atoms with Gasteiger partial charge in [0.25, 0.3) is 5.69 Å². The van der Waals surface area contributed by atoms with Crippen molar-refractivity contribution in [2.75, 3.05) is 11.9 Å². The van der Waals surface area contributed by atoms with Gasteiger partial charge in [-0.2, -0.15) is 18.2 Å². The molecular weight excluding hydrogens is 503 g/mol. The van der Waals surface area contributed by atoms with E-state index in [0.29, 0.717) is 11.4 Å². The second-order valence-corrected chi connectivity index (χ2v) is 7.80. The third-order valence-electron chi connectivity index (χ3n) is 5.00. The number of rotatable bonds is 9. The van der Waals surface area contributed by atoms with Crippen LogP contribution >= 0.6 is 11.6 Å². The van der Waals surface area contributed by atoms with E-state index in [1.54, 1.807) is 12.1 Å². The maximum absolute atomic E-state index is 15.0. The number of alkyl halides is 2. The highest BCUT2D eigenvalue weighted by Crippen LogP contribution is 2.28. The summed E-state index contributed by atoms with van der Waals surface area (Å²) in [4.78, 5) is 20.4. The van der Waals surface area contributed by atoms with Crippen LogP contribution in [0.3, 0.4) is 0 Å². The van der Waals surface area contributed by atoms with Crippen LogP contribution in [-0.4, -0.2) is 42.6 Å². The van der Waals surface area contributed by atoms with Crippen LogP contribution in [0.2, 0.25) is 5.02 Å². The van der Waals surface area contributed by atoms with Crippen LogP contribution < -0.4 is 15.4 Å². The highest BCUT2D eigenvalue weighted by molar-refractivity contribution is 6.31. The number of pyridine rings is 3. The molecule has 0 atom stereocenters. The van der Waals surface area contributed by atoms with Crippen LogP contribution in [0, 0.1) is 11.0 Å². The molecule has 1 amide bonds. The number of anilines is 1. The zero-order chi connectivity index (χ0) is 25.7. The molecule has 0 bridgehead atoms. The van der Waals surface area contributed by atoms with Crippen LogP contribution in [0.4, 0.5) is 19.0 Å². The maximum atomic E-state index is 15.0. The van der Waals surface area contributed by atoms with Gasteiger partial charge in [0.15, 0.2) is 17.8 Å². The van der Waals surface area contributed by atoms with Gasteiger partial charge in [0.05, 0.1) is 35.9 Å². The molecule has 11 nitrogen and oxygen atoms in total.